The molecule has 0 amide bonds. The number of nitriles is 1. The largest absolute Gasteiger partial charge is 0.328 e. The summed E-state index contributed by atoms with van der Waals surface area (Å²) in [7, 11) is 0. The lowest BCUT2D eigenvalue weighted by molar-refractivity contribution is 0.544. The van der Waals surface area contributed by atoms with Gasteiger partial charge in [0.15, 0.2) is 0 Å². The van der Waals surface area contributed by atoms with Crippen molar-refractivity contribution in [2.75, 3.05) is 0 Å². The highest BCUT2D eigenvalue weighted by atomic mass is 15.1. The van der Waals surface area contributed by atoms with Crippen molar-refractivity contribution in [1.29, 1.82) is 5.26 Å². The molecule has 3 nitrogen and oxygen atoms in total. The Morgan fingerprint density at radius 2 is 2.33 bits per heavy atom. The average Bonchev–Trinajstić information content (AvgIpc) is 2.70. The molecule has 2 aromatic rings. The number of rotatable bonds is 2. The Morgan fingerprint density at radius 1 is 1.53 bits per heavy atom. The molecule has 0 saturated heterocycles. The van der Waals surface area contributed by atoms with Gasteiger partial charge >= 0.3 is 0 Å². The van der Waals surface area contributed by atoms with Crippen molar-refractivity contribution < 1.29 is 0 Å². The molecule has 0 aliphatic carbocycles. The number of hydrogen-bond donors (Lipinski definition) is 0. The fraction of sp³-hybridized carbons (Fsp3) is 0.333. The van der Waals surface area contributed by atoms with E-state index < -0.39 is 0 Å². The van der Waals surface area contributed by atoms with Crippen molar-refractivity contribution in [3.05, 3.63) is 30.1 Å². The summed E-state index contributed by atoms with van der Waals surface area (Å²) in [4.78, 5) is 4.31. The van der Waals surface area contributed by atoms with Crippen LogP contribution in [0.4, 0.5) is 0 Å². The number of aromatic nitrogens is 2. The van der Waals surface area contributed by atoms with Crippen LogP contribution in [-0.2, 0) is 0 Å². The van der Waals surface area contributed by atoms with Crippen LogP contribution in [0.15, 0.2) is 24.5 Å². The first-order chi connectivity index (χ1) is 7.26. The van der Waals surface area contributed by atoms with Crippen LogP contribution in [0.3, 0.4) is 0 Å². The van der Waals surface area contributed by atoms with Crippen molar-refractivity contribution in [3.8, 4) is 6.07 Å². The second-order valence-corrected chi connectivity index (χ2v) is 3.72. The molecule has 2 rings (SSSR count). The van der Waals surface area contributed by atoms with Crippen LogP contribution in [0, 0.1) is 11.3 Å². The van der Waals surface area contributed by atoms with Crippen LogP contribution in [-0.4, -0.2) is 9.55 Å². The predicted molar refractivity (Wildman–Crippen MR) is 59.5 cm³/mol. The maximum atomic E-state index is 8.77. The molecule has 0 bridgehead atoms. The SMILES string of the molecule is CCC(C)n1cnc2cc(C#N)ccc21. The molecule has 1 aromatic heterocycles. The predicted octanol–water partition coefficient (Wildman–Crippen LogP) is 2.88. The van der Waals surface area contributed by atoms with Crippen molar-refractivity contribution in [3.63, 3.8) is 0 Å². The third-order valence-electron chi connectivity index (χ3n) is 2.77. The van der Waals surface area contributed by atoms with Gasteiger partial charge in [-0.05, 0) is 31.5 Å². The summed E-state index contributed by atoms with van der Waals surface area (Å²) in [5.41, 5.74) is 2.66. The zero-order chi connectivity index (χ0) is 10.8. The van der Waals surface area contributed by atoms with E-state index in [2.05, 4.69) is 29.5 Å². The Hall–Kier alpha value is -1.82. The number of fused-ring (bicyclic) bond motifs is 1. The molecule has 0 aliphatic heterocycles. The van der Waals surface area contributed by atoms with Gasteiger partial charge in [-0.15, -0.1) is 0 Å². The van der Waals surface area contributed by atoms with Crippen LogP contribution in [0.5, 0.6) is 0 Å². The summed E-state index contributed by atoms with van der Waals surface area (Å²) in [6, 6.07) is 8.20. The minimum atomic E-state index is 0.447. The molecule has 0 saturated carbocycles. The van der Waals surface area contributed by atoms with Gasteiger partial charge in [0, 0.05) is 6.04 Å². The van der Waals surface area contributed by atoms with Crippen molar-refractivity contribution in [2.24, 2.45) is 0 Å². The minimum absolute atomic E-state index is 0.447. The molecule has 1 aromatic carbocycles. The van der Waals surface area contributed by atoms with E-state index in [0.29, 0.717) is 11.6 Å². The van der Waals surface area contributed by atoms with Crippen LogP contribution in [0.25, 0.3) is 11.0 Å². The fourth-order valence-corrected chi connectivity index (χ4v) is 1.65. The standard InChI is InChI=1S/C12H13N3/c1-3-9(2)15-8-14-11-6-10(7-13)4-5-12(11)15/h4-6,8-9H,3H2,1-2H3. The van der Waals surface area contributed by atoms with Gasteiger partial charge < -0.3 is 4.57 Å². The number of imidazole rings is 1. The zero-order valence-electron chi connectivity index (χ0n) is 8.94. The molecule has 1 heterocycles. The molecule has 0 N–H and O–H groups in total. The van der Waals surface area contributed by atoms with E-state index >= 15 is 0 Å². The zero-order valence-corrected chi connectivity index (χ0v) is 8.94. The number of nitrogens with zero attached hydrogens (tertiary/aromatic N) is 3. The Morgan fingerprint density at radius 3 is 3.00 bits per heavy atom. The molecule has 0 spiro atoms. The van der Waals surface area contributed by atoms with Crippen molar-refractivity contribution >= 4 is 11.0 Å². The molecule has 0 aliphatic rings. The second-order valence-electron chi connectivity index (χ2n) is 3.72. The van der Waals surface area contributed by atoms with Crippen LogP contribution < -0.4 is 0 Å². The van der Waals surface area contributed by atoms with Crippen LogP contribution >= 0.6 is 0 Å². The third-order valence-corrected chi connectivity index (χ3v) is 2.77. The molecule has 0 fully saturated rings. The lowest BCUT2D eigenvalue weighted by Crippen LogP contribution is -2.01. The molecular formula is C12H13N3. The van der Waals surface area contributed by atoms with Crippen molar-refractivity contribution in [2.45, 2.75) is 26.3 Å². The van der Waals surface area contributed by atoms with Gasteiger partial charge in [0.25, 0.3) is 0 Å². The minimum Gasteiger partial charge on any atom is -0.328 e. The number of benzene rings is 1. The van der Waals surface area contributed by atoms with E-state index in [1.165, 1.54) is 0 Å². The molecular weight excluding hydrogens is 186 g/mol. The Bertz CT molecular complexity index is 519. The van der Waals surface area contributed by atoms with E-state index in [4.69, 9.17) is 5.26 Å². The van der Waals surface area contributed by atoms with Gasteiger partial charge in [-0.3, -0.25) is 0 Å². The first kappa shape index (κ1) is 9.72. The molecule has 76 valence electrons. The molecule has 1 unspecified atom stereocenters. The maximum absolute atomic E-state index is 8.77. The first-order valence-electron chi connectivity index (χ1n) is 5.13. The van der Waals surface area contributed by atoms with Crippen LogP contribution in [0.2, 0.25) is 0 Å². The van der Waals surface area contributed by atoms with Gasteiger partial charge in [-0.1, -0.05) is 6.92 Å². The van der Waals surface area contributed by atoms with E-state index in [9.17, 15) is 0 Å². The summed E-state index contributed by atoms with van der Waals surface area (Å²) in [6.45, 7) is 4.32. The topological polar surface area (TPSA) is 41.6 Å². The van der Waals surface area contributed by atoms with Gasteiger partial charge in [-0.2, -0.15) is 5.26 Å². The van der Waals surface area contributed by atoms with Gasteiger partial charge in [-0.25, -0.2) is 4.98 Å². The molecule has 3 heteroatoms. The normalized spacial score (nSPS) is 12.6. The lowest BCUT2D eigenvalue weighted by atomic mass is 10.2. The van der Waals surface area contributed by atoms with E-state index in [0.717, 1.165) is 17.5 Å². The van der Waals surface area contributed by atoms with E-state index in [1.807, 2.05) is 24.5 Å². The average molecular weight is 199 g/mol. The summed E-state index contributed by atoms with van der Waals surface area (Å²) < 4.78 is 2.15. The highest BCUT2D eigenvalue weighted by molar-refractivity contribution is 5.77. The highest BCUT2D eigenvalue weighted by Crippen LogP contribution is 2.20. The quantitative estimate of drug-likeness (QED) is 0.746. The fourth-order valence-electron chi connectivity index (χ4n) is 1.65. The maximum Gasteiger partial charge on any atom is 0.0992 e. The molecule has 1 atom stereocenters. The Labute approximate surface area is 89.0 Å². The monoisotopic (exact) mass is 199 g/mol. The smallest absolute Gasteiger partial charge is 0.0992 e. The van der Waals surface area contributed by atoms with Gasteiger partial charge in [0.05, 0.1) is 29.0 Å². The van der Waals surface area contributed by atoms with Gasteiger partial charge in [0.2, 0.25) is 0 Å². The Kier molecular flexibility index (Phi) is 2.42. The van der Waals surface area contributed by atoms with Crippen LogP contribution in [0.1, 0.15) is 31.9 Å². The third kappa shape index (κ3) is 1.59. The Balaban J connectivity index is 2.58. The number of hydrogen-bond acceptors (Lipinski definition) is 2. The van der Waals surface area contributed by atoms with Gasteiger partial charge in [0.1, 0.15) is 0 Å². The molecule has 15 heavy (non-hydrogen) atoms. The van der Waals surface area contributed by atoms with E-state index in [-0.39, 0.29) is 0 Å². The summed E-state index contributed by atoms with van der Waals surface area (Å²) in [5.74, 6) is 0. The van der Waals surface area contributed by atoms with E-state index in [1.54, 1.807) is 0 Å². The lowest BCUT2D eigenvalue weighted by Gasteiger charge is -2.11. The summed E-state index contributed by atoms with van der Waals surface area (Å²) in [6.07, 6.45) is 2.92. The highest BCUT2D eigenvalue weighted by Gasteiger charge is 2.07. The second kappa shape index (κ2) is 3.74. The molecule has 0 radical (unpaired) electrons. The summed E-state index contributed by atoms with van der Waals surface area (Å²) in [5, 5.41) is 8.77. The summed E-state index contributed by atoms with van der Waals surface area (Å²) >= 11 is 0. The first-order valence-corrected chi connectivity index (χ1v) is 5.13. The van der Waals surface area contributed by atoms with Crippen molar-refractivity contribution in [1.82, 2.24) is 9.55 Å².